The van der Waals surface area contributed by atoms with E-state index in [9.17, 15) is 4.79 Å². The van der Waals surface area contributed by atoms with Crippen molar-refractivity contribution in [3.05, 3.63) is 34.9 Å². The Morgan fingerprint density at radius 2 is 2.19 bits per heavy atom. The maximum Gasteiger partial charge on any atom is 0.224 e. The van der Waals surface area contributed by atoms with Crippen LogP contribution in [0.2, 0.25) is 5.02 Å². The normalized spacial score (nSPS) is 12.2. The molecular weight excluding hydrogens is 224 g/mol. The van der Waals surface area contributed by atoms with Gasteiger partial charge in [0, 0.05) is 24.0 Å². The Hall–Kier alpha value is -1.06. The Balaban J connectivity index is 2.52. The molecule has 0 heterocycles. The summed E-state index contributed by atoms with van der Waals surface area (Å²) in [7, 11) is 0. The van der Waals surface area contributed by atoms with Gasteiger partial charge in [-0.05, 0) is 18.1 Å². The highest BCUT2D eigenvalue weighted by atomic mass is 35.5. The van der Waals surface area contributed by atoms with Gasteiger partial charge in [0.25, 0.3) is 0 Å². The van der Waals surface area contributed by atoms with E-state index in [4.69, 9.17) is 17.3 Å². The van der Waals surface area contributed by atoms with Crippen LogP contribution in [0.3, 0.4) is 0 Å². The van der Waals surface area contributed by atoms with Crippen molar-refractivity contribution in [3.63, 3.8) is 0 Å². The highest BCUT2D eigenvalue weighted by molar-refractivity contribution is 6.31. The standard InChI is InChI=1S/C12H17ClN2O/c1-2-9(7-14)12(16)15-8-10-5-3-4-6-11(10)13/h3-6,9H,2,7-8,14H2,1H3,(H,15,16). The first-order chi connectivity index (χ1) is 7.69. The number of hydrogen-bond acceptors (Lipinski definition) is 2. The van der Waals surface area contributed by atoms with Crippen LogP contribution in [0.1, 0.15) is 18.9 Å². The van der Waals surface area contributed by atoms with Gasteiger partial charge in [0.15, 0.2) is 0 Å². The maximum atomic E-state index is 11.7. The predicted octanol–water partition coefficient (Wildman–Crippen LogP) is 1.94. The number of rotatable bonds is 5. The molecule has 3 N–H and O–H groups in total. The van der Waals surface area contributed by atoms with E-state index in [-0.39, 0.29) is 11.8 Å². The average molecular weight is 241 g/mol. The first-order valence-electron chi connectivity index (χ1n) is 5.40. The van der Waals surface area contributed by atoms with E-state index in [2.05, 4.69) is 5.32 Å². The lowest BCUT2D eigenvalue weighted by atomic mass is 10.1. The summed E-state index contributed by atoms with van der Waals surface area (Å²) in [4.78, 5) is 11.7. The Labute approximate surface area is 101 Å². The third-order valence-corrected chi connectivity index (χ3v) is 2.93. The number of carbonyl (C=O) groups is 1. The molecule has 0 aliphatic rings. The molecule has 1 aromatic rings. The van der Waals surface area contributed by atoms with Gasteiger partial charge in [0.2, 0.25) is 5.91 Å². The number of benzene rings is 1. The van der Waals surface area contributed by atoms with Crippen LogP contribution in [0.4, 0.5) is 0 Å². The van der Waals surface area contributed by atoms with E-state index < -0.39 is 0 Å². The lowest BCUT2D eigenvalue weighted by molar-refractivity contribution is -0.124. The SMILES string of the molecule is CCC(CN)C(=O)NCc1ccccc1Cl. The number of nitrogens with two attached hydrogens (primary N) is 1. The maximum absolute atomic E-state index is 11.7. The second-order valence-electron chi connectivity index (χ2n) is 3.65. The minimum absolute atomic E-state index is 0.00933. The van der Waals surface area contributed by atoms with E-state index in [1.807, 2.05) is 31.2 Å². The van der Waals surface area contributed by atoms with Gasteiger partial charge in [-0.3, -0.25) is 4.79 Å². The summed E-state index contributed by atoms with van der Waals surface area (Å²) < 4.78 is 0. The molecule has 0 aliphatic heterocycles. The quantitative estimate of drug-likeness (QED) is 0.827. The van der Waals surface area contributed by atoms with Crippen LogP contribution in [0, 0.1) is 5.92 Å². The fraction of sp³-hybridized carbons (Fsp3) is 0.417. The summed E-state index contributed by atoms with van der Waals surface area (Å²) in [5.41, 5.74) is 6.42. The average Bonchev–Trinajstić information content (AvgIpc) is 2.29. The molecule has 0 radical (unpaired) electrons. The van der Waals surface area contributed by atoms with E-state index in [1.165, 1.54) is 0 Å². The van der Waals surface area contributed by atoms with Crippen molar-refractivity contribution in [2.24, 2.45) is 11.7 Å². The van der Waals surface area contributed by atoms with Crippen LogP contribution in [-0.4, -0.2) is 12.5 Å². The van der Waals surface area contributed by atoms with E-state index in [0.29, 0.717) is 18.1 Å². The van der Waals surface area contributed by atoms with Gasteiger partial charge in [0.05, 0.1) is 0 Å². The zero-order valence-corrected chi connectivity index (χ0v) is 10.1. The van der Waals surface area contributed by atoms with Crippen LogP contribution in [-0.2, 0) is 11.3 Å². The zero-order chi connectivity index (χ0) is 12.0. The second kappa shape index (κ2) is 6.51. The molecule has 3 nitrogen and oxygen atoms in total. The van der Waals surface area contributed by atoms with E-state index in [1.54, 1.807) is 0 Å². The number of amides is 1. The van der Waals surface area contributed by atoms with Gasteiger partial charge in [-0.15, -0.1) is 0 Å². The Morgan fingerprint density at radius 1 is 1.50 bits per heavy atom. The Bertz CT molecular complexity index is 351. The van der Waals surface area contributed by atoms with Crippen molar-refractivity contribution < 1.29 is 4.79 Å². The van der Waals surface area contributed by atoms with Gasteiger partial charge in [-0.1, -0.05) is 36.7 Å². The van der Waals surface area contributed by atoms with Gasteiger partial charge >= 0.3 is 0 Å². The summed E-state index contributed by atoms with van der Waals surface area (Å²) in [6.07, 6.45) is 0.755. The molecule has 16 heavy (non-hydrogen) atoms. The van der Waals surface area contributed by atoms with Gasteiger partial charge in [-0.25, -0.2) is 0 Å². The minimum atomic E-state index is -0.109. The molecule has 1 aromatic carbocycles. The van der Waals surface area contributed by atoms with Crippen molar-refractivity contribution >= 4 is 17.5 Å². The molecule has 0 spiro atoms. The van der Waals surface area contributed by atoms with Crippen molar-refractivity contribution in [3.8, 4) is 0 Å². The van der Waals surface area contributed by atoms with Crippen LogP contribution in [0.5, 0.6) is 0 Å². The highest BCUT2D eigenvalue weighted by Crippen LogP contribution is 2.14. The molecular formula is C12H17ClN2O. The monoisotopic (exact) mass is 240 g/mol. The molecule has 1 atom stereocenters. The van der Waals surface area contributed by atoms with Crippen molar-refractivity contribution in [1.29, 1.82) is 0 Å². The van der Waals surface area contributed by atoms with E-state index >= 15 is 0 Å². The Kier molecular flexibility index (Phi) is 5.29. The molecule has 0 aliphatic carbocycles. The molecule has 1 rings (SSSR count). The number of carbonyl (C=O) groups excluding carboxylic acids is 1. The molecule has 4 heteroatoms. The summed E-state index contributed by atoms with van der Waals surface area (Å²) in [5.74, 6) is -0.118. The topological polar surface area (TPSA) is 55.1 Å². The summed E-state index contributed by atoms with van der Waals surface area (Å²) in [6.45, 7) is 2.78. The lowest BCUT2D eigenvalue weighted by Gasteiger charge is -2.13. The second-order valence-corrected chi connectivity index (χ2v) is 4.06. The number of nitrogens with one attached hydrogen (secondary N) is 1. The van der Waals surface area contributed by atoms with Gasteiger partial charge < -0.3 is 11.1 Å². The highest BCUT2D eigenvalue weighted by Gasteiger charge is 2.13. The smallest absolute Gasteiger partial charge is 0.224 e. The summed E-state index contributed by atoms with van der Waals surface area (Å²) in [6, 6.07) is 7.46. The number of hydrogen-bond donors (Lipinski definition) is 2. The third kappa shape index (κ3) is 3.51. The fourth-order valence-corrected chi connectivity index (χ4v) is 1.63. The summed E-state index contributed by atoms with van der Waals surface area (Å²) in [5, 5.41) is 3.51. The molecule has 0 aromatic heterocycles. The molecule has 1 unspecified atom stereocenters. The minimum Gasteiger partial charge on any atom is -0.352 e. The first-order valence-corrected chi connectivity index (χ1v) is 5.78. The van der Waals surface area contributed by atoms with E-state index in [0.717, 1.165) is 12.0 Å². The van der Waals surface area contributed by atoms with Crippen LogP contribution >= 0.6 is 11.6 Å². The fourth-order valence-electron chi connectivity index (χ4n) is 1.43. The largest absolute Gasteiger partial charge is 0.352 e. The van der Waals surface area contributed by atoms with Crippen molar-refractivity contribution in [2.75, 3.05) is 6.54 Å². The molecule has 88 valence electrons. The molecule has 1 amide bonds. The van der Waals surface area contributed by atoms with Crippen molar-refractivity contribution in [1.82, 2.24) is 5.32 Å². The third-order valence-electron chi connectivity index (χ3n) is 2.56. The molecule has 0 saturated heterocycles. The van der Waals surface area contributed by atoms with Gasteiger partial charge in [-0.2, -0.15) is 0 Å². The Morgan fingerprint density at radius 3 is 2.75 bits per heavy atom. The number of halogens is 1. The first kappa shape index (κ1) is 13.0. The molecule has 0 fully saturated rings. The van der Waals surface area contributed by atoms with Crippen LogP contribution in [0.25, 0.3) is 0 Å². The van der Waals surface area contributed by atoms with Crippen LogP contribution in [0.15, 0.2) is 24.3 Å². The van der Waals surface area contributed by atoms with Gasteiger partial charge in [0.1, 0.15) is 0 Å². The molecule has 0 bridgehead atoms. The summed E-state index contributed by atoms with van der Waals surface area (Å²) >= 11 is 5.98. The molecule has 0 saturated carbocycles. The lowest BCUT2D eigenvalue weighted by Crippen LogP contribution is -2.34. The van der Waals surface area contributed by atoms with Crippen molar-refractivity contribution in [2.45, 2.75) is 19.9 Å². The zero-order valence-electron chi connectivity index (χ0n) is 9.37. The predicted molar refractivity (Wildman–Crippen MR) is 66.1 cm³/mol. The van der Waals surface area contributed by atoms with Crippen LogP contribution < -0.4 is 11.1 Å².